The molecule has 0 aliphatic rings. The number of unbranched alkanes of at least 4 members (excludes halogenated alkanes) is 3. The second kappa shape index (κ2) is 12.2. The van der Waals surface area contributed by atoms with E-state index in [9.17, 15) is 0 Å². The summed E-state index contributed by atoms with van der Waals surface area (Å²) in [6, 6.07) is 0. The lowest BCUT2D eigenvalue weighted by Gasteiger charge is -2.15. The van der Waals surface area contributed by atoms with E-state index in [1.807, 2.05) is 13.8 Å². The van der Waals surface area contributed by atoms with E-state index >= 15 is 0 Å². The van der Waals surface area contributed by atoms with Crippen molar-refractivity contribution in [3.05, 3.63) is 0 Å². The maximum absolute atomic E-state index is 5.56. The van der Waals surface area contributed by atoms with E-state index in [1.54, 1.807) is 0 Å². The minimum atomic E-state index is -1.40. The van der Waals surface area contributed by atoms with E-state index in [2.05, 4.69) is 12.2 Å². The SMILES string of the molecule is CCCCCCNC[SiH](OCC)OCC. The summed E-state index contributed by atoms with van der Waals surface area (Å²) in [6.07, 6.45) is 6.19. The van der Waals surface area contributed by atoms with Gasteiger partial charge in [-0.3, -0.25) is 0 Å². The summed E-state index contributed by atoms with van der Waals surface area (Å²) in [5.41, 5.74) is 0. The van der Waals surface area contributed by atoms with Crippen LogP contribution >= 0.6 is 0 Å². The van der Waals surface area contributed by atoms with E-state index < -0.39 is 9.28 Å². The predicted octanol–water partition coefficient (Wildman–Crippen LogP) is 1.99. The maximum atomic E-state index is 5.56. The molecule has 0 saturated carbocycles. The topological polar surface area (TPSA) is 30.5 Å². The van der Waals surface area contributed by atoms with Crippen molar-refractivity contribution in [1.82, 2.24) is 5.32 Å². The zero-order chi connectivity index (χ0) is 11.4. The number of nitrogens with one attached hydrogen (secondary N) is 1. The predicted molar refractivity (Wildman–Crippen MR) is 67.4 cm³/mol. The lowest BCUT2D eigenvalue weighted by molar-refractivity contribution is 0.212. The molecule has 0 radical (unpaired) electrons. The van der Waals surface area contributed by atoms with E-state index in [0.29, 0.717) is 0 Å². The van der Waals surface area contributed by atoms with Gasteiger partial charge in [0.25, 0.3) is 0 Å². The first kappa shape index (κ1) is 15.1. The highest BCUT2D eigenvalue weighted by Gasteiger charge is 2.10. The molecule has 0 aromatic rings. The van der Waals surface area contributed by atoms with Gasteiger partial charge < -0.3 is 14.2 Å². The van der Waals surface area contributed by atoms with Gasteiger partial charge in [-0.1, -0.05) is 26.2 Å². The molecule has 0 unspecified atom stereocenters. The van der Waals surface area contributed by atoms with Gasteiger partial charge in [-0.15, -0.1) is 0 Å². The van der Waals surface area contributed by atoms with Crippen molar-refractivity contribution in [1.29, 1.82) is 0 Å². The Balaban J connectivity index is 3.28. The van der Waals surface area contributed by atoms with Crippen LogP contribution in [0, 0.1) is 0 Å². The van der Waals surface area contributed by atoms with Gasteiger partial charge in [-0.05, 0) is 26.8 Å². The minimum Gasteiger partial charge on any atom is -0.396 e. The van der Waals surface area contributed by atoms with Gasteiger partial charge in [-0.2, -0.15) is 0 Å². The molecule has 0 bridgehead atoms. The zero-order valence-corrected chi connectivity index (χ0v) is 11.7. The van der Waals surface area contributed by atoms with Gasteiger partial charge >= 0.3 is 9.28 Å². The number of hydrogen-bond acceptors (Lipinski definition) is 3. The Morgan fingerprint density at radius 2 is 1.60 bits per heavy atom. The summed E-state index contributed by atoms with van der Waals surface area (Å²) >= 11 is 0. The van der Waals surface area contributed by atoms with Gasteiger partial charge in [0, 0.05) is 19.4 Å². The second-order valence-corrected chi connectivity index (χ2v) is 5.54. The zero-order valence-electron chi connectivity index (χ0n) is 10.6. The van der Waals surface area contributed by atoms with E-state index in [1.165, 1.54) is 25.7 Å². The lowest BCUT2D eigenvalue weighted by atomic mass is 10.2. The van der Waals surface area contributed by atoms with Crippen LogP contribution in [0.2, 0.25) is 0 Å². The van der Waals surface area contributed by atoms with Gasteiger partial charge in [0.2, 0.25) is 0 Å². The molecule has 0 rings (SSSR count). The van der Waals surface area contributed by atoms with E-state index in [-0.39, 0.29) is 0 Å². The van der Waals surface area contributed by atoms with Crippen LogP contribution in [0.3, 0.4) is 0 Å². The summed E-state index contributed by atoms with van der Waals surface area (Å²) in [5, 5.41) is 3.43. The molecular weight excluding hydrogens is 206 g/mol. The standard InChI is InChI=1S/C11H27NO2Si/c1-4-7-8-9-10-12-11-15(13-5-2)14-6-3/h12,15H,4-11H2,1-3H3. The van der Waals surface area contributed by atoms with Gasteiger partial charge in [0.15, 0.2) is 0 Å². The summed E-state index contributed by atoms with van der Waals surface area (Å²) in [7, 11) is -1.40. The van der Waals surface area contributed by atoms with Crippen LogP contribution in [0.25, 0.3) is 0 Å². The molecule has 0 aromatic heterocycles. The smallest absolute Gasteiger partial charge is 0.335 e. The quantitative estimate of drug-likeness (QED) is 0.437. The molecule has 4 heteroatoms. The summed E-state index contributed by atoms with van der Waals surface area (Å²) in [6.45, 7) is 8.94. The Bertz CT molecular complexity index is 119. The van der Waals surface area contributed by atoms with Crippen molar-refractivity contribution in [3.63, 3.8) is 0 Å². The third kappa shape index (κ3) is 10.4. The molecule has 0 fully saturated rings. The average Bonchev–Trinajstić information content (AvgIpc) is 2.24. The molecule has 0 aliphatic carbocycles. The third-order valence-electron chi connectivity index (χ3n) is 2.22. The van der Waals surface area contributed by atoms with Crippen molar-refractivity contribution in [2.24, 2.45) is 0 Å². The minimum absolute atomic E-state index is 0.772. The highest BCUT2D eigenvalue weighted by Crippen LogP contribution is 1.97. The third-order valence-corrected chi connectivity index (χ3v) is 4.26. The van der Waals surface area contributed by atoms with Crippen LogP contribution in [-0.4, -0.2) is 35.2 Å². The summed E-state index contributed by atoms with van der Waals surface area (Å²) in [4.78, 5) is 0. The molecule has 3 nitrogen and oxygen atoms in total. The molecule has 15 heavy (non-hydrogen) atoms. The first-order chi connectivity index (χ1) is 7.35. The highest BCUT2D eigenvalue weighted by atomic mass is 28.3. The fraction of sp³-hybridized carbons (Fsp3) is 1.00. The molecule has 0 amide bonds. The molecular formula is C11H27NO2Si. The Morgan fingerprint density at radius 3 is 2.13 bits per heavy atom. The molecule has 0 atom stereocenters. The molecule has 0 aliphatic heterocycles. The molecule has 1 N–H and O–H groups in total. The highest BCUT2D eigenvalue weighted by molar-refractivity contribution is 6.44. The molecule has 0 spiro atoms. The van der Waals surface area contributed by atoms with E-state index in [4.69, 9.17) is 8.85 Å². The number of rotatable bonds is 11. The molecule has 92 valence electrons. The summed E-state index contributed by atoms with van der Waals surface area (Å²) < 4.78 is 11.1. The van der Waals surface area contributed by atoms with Gasteiger partial charge in [0.1, 0.15) is 0 Å². The Hall–Kier alpha value is 0.0969. The first-order valence-corrected chi connectivity index (χ1v) is 8.04. The van der Waals surface area contributed by atoms with Gasteiger partial charge in [-0.25, -0.2) is 0 Å². The van der Waals surface area contributed by atoms with Crippen molar-refractivity contribution in [3.8, 4) is 0 Å². The fourth-order valence-corrected chi connectivity index (χ4v) is 2.95. The average molecular weight is 233 g/mol. The normalized spacial score (nSPS) is 11.2. The Kier molecular flexibility index (Phi) is 12.2. The Morgan fingerprint density at radius 1 is 0.933 bits per heavy atom. The van der Waals surface area contributed by atoms with Gasteiger partial charge in [0.05, 0.1) is 0 Å². The Labute approximate surface area is 96.4 Å². The van der Waals surface area contributed by atoms with Crippen LogP contribution in [0.15, 0.2) is 0 Å². The van der Waals surface area contributed by atoms with Crippen molar-refractivity contribution >= 4 is 9.28 Å². The molecule has 0 saturated heterocycles. The van der Waals surface area contributed by atoms with Crippen LogP contribution in [0.4, 0.5) is 0 Å². The lowest BCUT2D eigenvalue weighted by Crippen LogP contribution is -2.36. The fourth-order valence-electron chi connectivity index (χ4n) is 1.43. The summed E-state index contributed by atoms with van der Waals surface area (Å²) in [5.74, 6) is 0. The van der Waals surface area contributed by atoms with E-state index in [0.717, 1.165) is 25.9 Å². The molecule has 0 heterocycles. The van der Waals surface area contributed by atoms with Crippen molar-refractivity contribution < 1.29 is 8.85 Å². The van der Waals surface area contributed by atoms with Crippen LogP contribution in [0.1, 0.15) is 46.5 Å². The van der Waals surface area contributed by atoms with Crippen molar-refractivity contribution in [2.75, 3.05) is 25.9 Å². The number of hydrogen-bond donors (Lipinski definition) is 1. The molecule has 0 aromatic carbocycles. The van der Waals surface area contributed by atoms with Crippen LogP contribution in [-0.2, 0) is 8.85 Å². The maximum Gasteiger partial charge on any atom is 0.335 e. The first-order valence-electron chi connectivity index (χ1n) is 6.29. The van der Waals surface area contributed by atoms with Crippen molar-refractivity contribution in [2.45, 2.75) is 46.5 Å². The monoisotopic (exact) mass is 233 g/mol. The largest absolute Gasteiger partial charge is 0.396 e. The second-order valence-electron chi connectivity index (χ2n) is 3.61. The van der Waals surface area contributed by atoms with Crippen LogP contribution in [0.5, 0.6) is 0 Å². The van der Waals surface area contributed by atoms with Crippen LogP contribution < -0.4 is 5.32 Å².